The summed E-state index contributed by atoms with van der Waals surface area (Å²) in [6.07, 6.45) is 3.83. The van der Waals surface area contributed by atoms with Gasteiger partial charge in [-0.3, -0.25) is 9.48 Å². The van der Waals surface area contributed by atoms with Crippen LogP contribution in [0.1, 0.15) is 33.1 Å². The van der Waals surface area contributed by atoms with Gasteiger partial charge in [-0.05, 0) is 41.0 Å². The van der Waals surface area contributed by atoms with E-state index in [0.717, 1.165) is 11.1 Å². The second-order valence-electron chi connectivity index (χ2n) is 7.47. The molecule has 3 heterocycles. The van der Waals surface area contributed by atoms with Gasteiger partial charge in [0.05, 0.1) is 6.20 Å². The number of halogens is 1. The summed E-state index contributed by atoms with van der Waals surface area (Å²) in [5, 5.41) is 8.27. The third-order valence-corrected chi connectivity index (χ3v) is 5.47. The molecule has 2 aromatic heterocycles. The van der Waals surface area contributed by atoms with Crippen LogP contribution in [0, 0.1) is 5.82 Å². The van der Waals surface area contributed by atoms with Crippen molar-refractivity contribution in [1.82, 2.24) is 19.8 Å². The molecule has 150 valence electrons. The lowest BCUT2D eigenvalue weighted by molar-refractivity contribution is 0.0714. The van der Waals surface area contributed by atoms with Crippen molar-refractivity contribution in [3.05, 3.63) is 95.2 Å². The Kier molecular flexibility index (Phi) is 4.43. The van der Waals surface area contributed by atoms with E-state index in [1.807, 2.05) is 37.6 Å². The number of nitrogens with zero attached hydrogens (tertiary/aromatic N) is 4. The van der Waals surface area contributed by atoms with Gasteiger partial charge >= 0.3 is 0 Å². The van der Waals surface area contributed by atoms with Crippen molar-refractivity contribution in [2.45, 2.75) is 12.5 Å². The number of rotatable bonds is 3. The van der Waals surface area contributed by atoms with Crippen LogP contribution in [0.5, 0.6) is 0 Å². The Morgan fingerprint density at radius 3 is 2.73 bits per heavy atom. The number of benzene rings is 2. The first-order valence-electron chi connectivity index (χ1n) is 9.67. The number of carbonyl (C=O) groups excluding carboxylic acids is 1. The Morgan fingerprint density at radius 1 is 1.17 bits per heavy atom. The molecule has 0 saturated heterocycles. The van der Waals surface area contributed by atoms with Crippen molar-refractivity contribution in [2.75, 3.05) is 6.54 Å². The van der Waals surface area contributed by atoms with Gasteiger partial charge in [0, 0.05) is 43.9 Å². The van der Waals surface area contributed by atoms with Gasteiger partial charge in [0.1, 0.15) is 5.82 Å². The highest BCUT2D eigenvalue weighted by molar-refractivity contribution is 5.93. The van der Waals surface area contributed by atoms with Crippen LogP contribution >= 0.6 is 0 Å². The summed E-state index contributed by atoms with van der Waals surface area (Å²) in [5.41, 5.74) is 4.28. The smallest absolute Gasteiger partial charge is 0.276 e. The fraction of sp³-hybridized carbons (Fsp3) is 0.174. The predicted molar refractivity (Wildman–Crippen MR) is 108 cm³/mol. The first-order chi connectivity index (χ1) is 14.6. The van der Waals surface area contributed by atoms with Crippen LogP contribution in [0.15, 0.2) is 71.5 Å². The number of amides is 1. The molecular weight excluding hydrogens is 383 g/mol. The van der Waals surface area contributed by atoms with E-state index in [-0.39, 0.29) is 23.3 Å². The quantitative estimate of drug-likeness (QED) is 0.520. The zero-order valence-electron chi connectivity index (χ0n) is 16.3. The van der Waals surface area contributed by atoms with Crippen LogP contribution in [-0.4, -0.2) is 32.3 Å². The minimum absolute atomic E-state index is 0.0380. The van der Waals surface area contributed by atoms with Crippen molar-refractivity contribution >= 4 is 5.91 Å². The zero-order chi connectivity index (χ0) is 20.7. The molecule has 0 saturated carbocycles. The molecule has 7 heteroatoms. The molecule has 2 aromatic carbocycles. The summed E-state index contributed by atoms with van der Waals surface area (Å²) in [6.45, 7) is 1.03. The Labute approximate surface area is 172 Å². The molecule has 0 bridgehead atoms. The summed E-state index contributed by atoms with van der Waals surface area (Å²) in [7, 11) is 1.88. The number of hydrogen-bond acceptors (Lipinski definition) is 4. The number of aromatic nitrogens is 3. The van der Waals surface area contributed by atoms with E-state index in [0.29, 0.717) is 24.4 Å². The molecular formula is C23H19FN4O2. The molecule has 1 aliphatic heterocycles. The van der Waals surface area contributed by atoms with Gasteiger partial charge in [0.25, 0.3) is 5.91 Å². The van der Waals surface area contributed by atoms with Crippen LogP contribution in [0.2, 0.25) is 0 Å². The average molecular weight is 402 g/mol. The number of hydrogen-bond donors (Lipinski definition) is 0. The SMILES string of the molecule is Cn1cc(C2CN(C(=O)c3cc(-c4ccc(F)cc4)on3)Cc3ccccc32)cn1. The summed E-state index contributed by atoms with van der Waals surface area (Å²) in [6, 6.07) is 15.7. The van der Waals surface area contributed by atoms with E-state index < -0.39 is 0 Å². The molecule has 30 heavy (non-hydrogen) atoms. The first-order valence-corrected chi connectivity index (χ1v) is 9.67. The van der Waals surface area contributed by atoms with Gasteiger partial charge < -0.3 is 9.42 Å². The molecule has 0 spiro atoms. The van der Waals surface area contributed by atoms with Gasteiger partial charge in [0.15, 0.2) is 11.5 Å². The Morgan fingerprint density at radius 2 is 1.97 bits per heavy atom. The minimum atomic E-state index is -0.331. The Bertz CT molecular complexity index is 1210. The maximum Gasteiger partial charge on any atom is 0.276 e. The molecule has 1 atom stereocenters. The van der Waals surface area contributed by atoms with E-state index >= 15 is 0 Å². The van der Waals surface area contributed by atoms with E-state index in [1.54, 1.807) is 27.8 Å². The molecule has 0 fully saturated rings. The van der Waals surface area contributed by atoms with Gasteiger partial charge in [-0.25, -0.2) is 4.39 Å². The molecule has 5 rings (SSSR count). The molecule has 0 radical (unpaired) electrons. The number of aryl methyl sites for hydroxylation is 1. The van der Waals surface area contributed by atoms with Crippen molar-refractivity contribution < 1.29 is 13.7 Å². The van der Waals surface area contributed by atoms with Crippen molar-refractivity contribution in [3.63, 3.8) is 0 Å². The Hall–Kier alpha value is -3.74. The van der Waals surface area contributed by atoms with E-state index in [4.69, 9.17) is 4.52 Å². The van der Waals surface area contributed by atoms with E-state index in [2.05, 4.69) is 16.3 Å². The maximum absolute atomic E-state index is 13.2. The van der Waals surface area contributed by atoms with Gasteiger partial charge in [0.2, 0.25) is 0 Å². The summed E-state index contributed by atoms with van der Waals surface area (Å²) < 4.78 is 20.3. The third kappa shape index (κ3) is 3.28. The minimum Gasteiger partial charge on any atom is -0.355 e. The van der Waals surface area contributed by atoms with Gasteiger partial charge in [-0.1, -0.05) is 29.4 Å². The number of carbonyl (C=O) groups is 1. The second-order valence-corrected chi connectivity index (χ2v) is 7.47. The van der Waals surface area contributed by atoms with Crippen LogP contribution in [0.3, 0.4) is 0 Å². The number of fused-ring (bicyclic) bond motifs is 1. The van der Waals surface area contributed by atoms with Crippen molar-refractivity contribution in [1.29, 1.82) is 0 Å². The first kappa shape index (κ1) is 18.3. The van der Waals surface area contributed by atoms with Crippen LogP contribution in [0.4, 0.5) is 4.39 Å². The van der Waals surface area contributed by atoms with Crippen LogP contribution in [-0.2, 0) is 13.6 Å². The van der Waals surface area contributed by atoms with Crippen LogP contribution < -0.4 is 0 Å². The maximum atomic E-state index is 13.2. The van der Waals surface area contributed by atoms with Gasteiger partial charge in [-0.2, -0.15) is 5.10 Å². The summed E-state index contributed by atoms with van der Waals surface area (Å²) >= 11 is 0. The molecule has 4 aromatic rings. The monoisotopic (exact) mass is 402 g/mol. The molecule has 1 unspecified atom stereocenters. The van der Waals surface area contributed by atoms with Crippen molar-refractivity contribution in [2.24, 2.45) is 7.05 Å². The average Bonchev–Trinajstić information content (AvgIpc) is 3.42. The molecule has 6 nitrogen and oxygen atoms in total. The highest BCUT2D eigenvalue weighted by Gasteiger charge is 2.31. The fourth-order valence-electron chi connectivity index (χ4n) is 3.96. The lowest BCUT2D eigenvalue weighted by Crippen LogP contribution is -2.38. The second kappa shape index (κ2) is 7.26. The largest absolute Gasteiger partial charge is 0.355 e. The van der Waals surface area contributed by atoms with Gasteiger partial charge in [-0.15, -0.1) is 0 Å². The van der Waals surface area contributed by atoms with Crippen molar-refractivity contribution in [3.8, 4) is 11.3 Å². The lowest BCUT2D eigenvalue weighted by atomic mass is 9.86. The summed E-state index contributed by atoms with van der Waals surface area (Å²) in [4.78, 5) is 15.0. The lowest BCUT2D eigenvalue weighted by Gasteiger charge is -2.34. The Balaban J connectivity index is 1.44. The highest BCUT2D eigenvalue weighted by atomic mass is 19.1. The standard InChI is InChI=1S/C23H19FN4O2/c1-27-12-17(11-25-27)20-14-28(13-16-4-2-3-5-19(16)20)23(29)21-10-22(30-26-21)15-6-8-18(24)9-7-15/h2-12,20H,13-14H2,1H3. The molecule has 1 amide bonds. The highest BCUT2D eigenvalue weighted by Crippen LogP contribution is 2.34. The summed E-state index contributed by atoms with van der Waals surface area (Å²) in [5.74, 6) is -0.0610. The molecule has 0 aliphatic carbocycles. The normalized spacial score (nSPS) is 15.8. The topological polar surface area (TPSA) is 64.2 Å². The molecule has 1 aliphatic rings. The third-order valence-electron chi connectivity index (χ3n) is 5.47. The van der Waals surface area contributed by atoms with E-state index in [9.17, 15) is 9.18 Å². The zero-order valence-corrected chi connectivity index (χ0v) is 16.3. The predicted octanol–water partition coefficient (Wildman–Crippen LogP) is 4.00. The van der Waals surface area contributed by atoms with Crippen LogP contribution in [0.25, 0.3) is 11.3 Å². The fourth-order valence-corrected chi connectivity index (χ4v) is 3.96. The molecule has 0 N–H and O–H groups in total. The van der Waals surface area contributed by atoms with E-state index in [1.165, 1.54) is 17.7 Å².